The number of allylic oxidation sites excluding steroid dienone is 2. The molecule has 2 rings (SSSR count). The van der Waals surface area contributed by atoms with Crippen molar-refractivity contribution in [3.8, 4) is 0 Å². The molecule has 5 heteroatoms. The molecule has 0 saturated heterocycles. The fourth-order valence-corrected chi connectivity index (χ4v) is 2.89. The monoisotopic (exact) mass is 319 g/mol. The smallest absolute Gasteiger partial charge is 0.335 e. The molecule has 0 spiro atoms. The Hall–Kier alpha value is -1.85. The van der Waals surface area contributed by atoms with E-state index in [9.17, 15) is 15.0 Å². The van der Waals surface area contributed by atoms with Gasteiger partial charge in [0.25, 0.3) is 0 Å². The third-order valence-electron chi connectivity index (χ3n) is 4.87. The van der Waals surface area contributed by atoms with Crippen LogP contribution >= 0.6 is 0 Å². The summed E-state index contributed by atoms with van der Waals surface area (Å²) in [6, 6.07) is 4.83. The number of carboxylic acids is 1. The van der Waals surface area contributed by atoms with Crippen molar-refractivity contribution in [1.82, 2.24) is 0 Å². The first-order valence-corrected chi connectivity index (χ1v) is 7.85. The van der Waals surface area contributed by atoms with Crippen molar-refractivity contribution >= 4 is 11.7 Å². The Morgan fingerprint density at radius 3 is 2.61 bits per heavy atom. The van der Waals surface area contributed by atoms with Gasteiger partial charge in [-0.3, -0.25) is 0 Å². The molecular formula is C18H25NO4. The molecule has 1 aliphatic heterocycles. The van der Waals surface area contributed by atoms with E-state index in [4.69, 9.17) is 5.11 Å². The summed E-state index contributed by atoms with van der Waals surface area (Å²) in [6.07, 6.45) is 0.962. The number of nitrogens with one attached hydrogen (secondary N) is 1. The average molecular weight is 319 g/mol. The summed E-state index contributed by atoms with van der Waals surface area (Å²) in [7, 11) is 0. The predicted octanol–water partition coefficient (Wildman–Crippen LogP) is 2.58. The lowest BCUT2D eigenvalue weighted by atomic mass is 9.79. The van der Waals surface area contributed by atoms with E-state index in [2.05, 4.69) is 26.1 Å². The summed E-state index contributed by atoms with van der Waals surface area (Å²) in [5, 5.41) is 32.8. The SMILES string of the molecule is CC(C)=C(C)CC[C@]1(CO)Nc2ccc(C(=O)O)cc2C[C@H]1O. The number of carboxylic acid groups (broad SMARTS) is 1. The van der Waals surface area contributed by atoms with E-state index in [1.54, 1.807) is 12.1 Å². The topological polar surface area (TPSA) is 89.8 Å². The summed E-state index contributed by atoms with van der Waals surface area (Å²) in [5.41, 5.74) is 3.45. The maximum absolute atomic E-state index is 11.1. The Morgan fingerprint density at radius 2 is 2.04 bits per heavy atom. The third-order valence-corrected chi connectivity index (χ3v) is 4.87. The summed E-state index contributed by atoms with van der Waals surface area (Å²) in [4.78, 5) is 11.1. The lowest BCUT2D eigenvalue weighted by molar-refractivity contribution is 0.0464. The molecule has 0 fully saturated rings. The van der Waals surface area contributed by atoms with E-state index in [-0.39, 0.29) is 12.2 Å². The van der Waals surface area contributed by atoms with E-state index >= 15 is 0 Å². The van der Waals surface area contributed by atoms with Crippen LogP contribution in [0.2, 0.25) is 0 Å². The van der Waals surface area contributed by atoms with E-state index in [0.717, 1.165) is 17.7 Å². The highest BCUT2D eigenvalue weighted by molar-refractivity contribution is 5.88. The largest absolute Gasteiger partial charge is 0.478 e. The molecule has 2 atom stereocenters. The van der Waals surface area contributed by atoms with Crippen LogP contribution in [-0.2, 0) is 6.42 Å². The van der Waals surface area contributed by atoms with Gasteiger partial charge in [0.2, 0.25) is 0 Å². The molecule has 4 N–H and O–H groups in total. The van der Waals surface area contributed by atoms with Gasteiger partial charge in [-0.05, 0) is 57.4 Å². The molecule has 1 aliphatic rings. The minimum absolute atomic E-state index is 0.176. The number of aliphatic hydroxyl groups is 2. The molecule has 0 amide bonds. The van der Waals surface area contributed by atoms with Crippen LogP contribution in [0.1, 0.15) is 49.5 Å². The van der Waals surface area contributed by atoms with E-state index in [1.807, 2.05) is 0 Å². The first kappa shape index (κ1) is 17.5. The molecule has 1 aromatic carbocycles. The zero-order valence-corrected chi connectivity index (χ0v) is 13.9. The highest BCUT2D eigenvalue weighted by Gasteiger charge is 2.41. The number of aliphatic hydroxyl groups excluding tert-OH is 2. The molecule has 126 valence electrons. The second-order valence-electron chi connectivity index (χ2n) is 6.62. The van der Waals surface area contributed by atoms with Gasteiger partial charge in [0, 0.05) is 12.1 Å². The first-order chi connectivity index (χ1) is 10.8. The van der Waals surface area contributed by atoms with E-state index in [0.29, 0.717) is 12.8 Å². The number of hydrogen-bond acceptors (Lipinski definition) is 4. The molecule has 0 unspecified atom stereocenters. The van der Waals surface area contributed by atoms with Crippen molar-refractivity contribution in [2.24, 2.45) is 0 Å². The number of carbonyl (C=O) groups is 1. The summed E-state index contributed by atoms with van der Waals surface area (Å²) in [5.74, 6) is -0.986. The Labute approximate surface area is 136 Å². The normalized spacial score (nSPS) is 22.9. The third kappa shape index (κ3) is 3.57. The molecule has 0 aliphatic carbocycles. The quantitative estimate of drug-likeness (QED) is 0.626. The fraction of sp³-hybridized carbons (Fsp3) is 0.500. The van der Waals surface area contributed by atoms with Crippen molar-refractivity contribution < 1.29 is 20.1 Å². The number of hydrogen-bond donors (Lipinski definition) is 4. The maximum Gasteiger partial charge on any atom is 0.335 e. The Bertz CT molecular complexity index is 634. The fourth-order valence-electron chi connectivity index (χ4n) is 2.89. The zero-order valence-electron chi connectivity index (χ0n) is 13.9. The Balaban J connectivity index is 2.27. The zero-order chi connectivity index (χ0) is 17.2. The highest BCUT2D eigenvalue weighted by atomic mass is 16.4. The van der Waals surface area contributed by atoms with Gasteiger partial charge >= 0.3 is 5.97 Å². The Morgan fingerprint density at radius 1 is 1.35 bits per heavy atom. The lowest BCUT2D eigenvalue weighted by Crippen LogP contribution is -2.55. The molecule has 0 bridgehead atoms. The van der Waals surface area contributed by atoms with Gasteiger partial charge in [0.1, 0.15) is 0 Å². The molecule has 0 radical (unpaired) electrons. The highest BCUT2D eigenvalue weighted by Crippen LogP contribution is 2.35. The number of aromatic carboxylic acids is 1. The molecular weight excluding hydrogens is 294 g/mol. The van der Waals surface area contributed by atoms with E-state index < -0.39 is 17.6 Å². The average Bonchev–Trinajstić information content (AvgIpc) is 2.51. The van der Waals surface area contributed by atoms with Gasteiger partial charge in [-0.1, -0.05) is 11.1 Å². The van der Waals surface area contributed by atoms with Crippen LogP contribution in [0, 0.1) is 0 Å². The summed E-state index contributed by atoms with van der Waals surface area (Å²) in [6.45, 7) is 5.98. The van der Waals surface area contributed by atoms with Crippen LogP contribution in [0.25, 0.3) is 0 Å². The number of anilines is 1. The van der Waals surface area contributed by atoms with Crippen molar-refractivity contribution in [2.75, 3.05) is 11.9 Å². The summed E-state index contributed by atoms with van der Waals surface area (Å²) < 4.78 is 0. The van der Waals surface area contributed by atoms with Crippen LogP contribution < -0.4 is 5.32 Å². The van der Waals surface area contributed by atoms with Gasteiger partial charge in [-0.2, -0.15) is 0 Å². The molecule has 1 aromatic rings. The molecule has 1 heterocycles. The predicted molar refractivity (Wildman–Crippen MR) is 89.8 cm³/mol. The van der Waals surface area contributed by atoms with Crippen molar-refractivity contribution in [2.45, 2.75) is 51.7 Å². The van der Waals surface area contributed by atoms with Crippen LogP contribution in [0.4, 0.5) is 5.69 Å². The minimum atomic E-state index is -0.986. The number of fused-ring (bicyclic) bond motifs is 1. The molecule has 5 nitrogen and oxygen atoms in total. The molecule has 23 heavy (non-hydrogen) atoms. The van der Waals surface area contributed by atoms with Crippen molar-refractivity contribution in [3.63, 3.8) is 0 Å². The first-order valence-electron chi connectivity index (χ1n) is 7.85. The maximum atomic E-state index is 11.1. The van der Waals surface area contributed by atoms with Gasteiger partial charge in [-0.25, -0.2) is 4.79 Å². The van der Waals surface area contributed by atoms with Gasteiger partial charge < -0.3 is 20.6 Å². The number of rotatable bonds is 5. The van der Waals surface area contributed by atoms with Gasteiger partial charge in [0.15, 0.2) is 0 Å². The second-order valence-corrected chi connectivity index (χ2v) is 6.62. The lowest BCUT2D eigenvalue weighted by Gasteiger charge is -2.43. The van der Waals surface area contributed by atoms with Crippen molar-refractivity contribution in [1.29, 1.82) is 0 Å². The van der Waals surface area contributed by atoms with Gasteiger partial charge in [-0.15, -0.1) is 0 Å². The summed E-state index contributed by atoms with van der Waals surface area (Å²) >= 11 is 0. The molecule has 0 aromatic heterocycles. The van der Waals surface area contributed by atoms with Crippen LogP contribution in [-0.4, -0.2) is 39.5 Å². The van der Waals surface area contributed by atoms with Crippen molar-refractivity contribution in [3.05, 3.63) is 40.5 Å². The van der Waals surface area contributed by atoms with Crippen LogP contribution in [0.5, 0.6) is 0 Å². The van der Waals surface area contributed by atoms with Crippen LogP contribution in [0.3, 0.4) is 0 Å². The van der Waals surface area contributed by atoms with Gasteiger partial charge in [0.05, 0.1) is 23.8 Å². The molecule has 0 saturated carbocycles. The second kappa shape index (κ2) is 6.72. The standard InChI is InChI=1S/C18H25NO4/c1-11(2)12(3)6-7-18(10-20)16(21)9-14-8-13(17(22)23)4-5-15(14)19-18/h4-5,8,16,19-21H,6-7,9-10H2,1-3H3,(H,22,23)/t16-,18-/m1/s1. The number of benzene rings is 1. The van der Waals surface area contributed by atoms with Crippen LogP contribution in [0.15, 0.2) is 29.3 Å². The minimum Gasteiger partial charge on any atom is -0.478 e. The van der Waals surface area contributed by atoms with E-state index in [1.165, 1.54) is 17.2 Å². The Kier molecular flexibility index (Phi) is 5.12.